The molecule has 0 aliphatic carbocycles. The van der Waals surface area contributed by atoms with E-state index in [2.05, 4.69) is 20.7 Å². The standard InChI is InChI=1S/C12H6BrCl3FNO2S/c13-7-2-1-6(14)5-9(7)18-21(19,20)10-4-3-8(15)12(17)11(10)16/h1-5,18H. The molecule has 0 atom stereocenters. The summed E-state index contributed by atoms with van der Waals surface area (Å²) < 4.78 is 40.9. The van der Waals surface area contributed by atoms with E-state index in [1.54, 1.807) is 12.1 Å². The van der Waals surface area contributed by atoms with Crippen molar-refractivity contribution in [1.82, 2.24) is 0 Å². The van der Waals surface area contributed by atoms with Gasteiger partial charge in [-0.1, -0.05) is 34.8 Å². The van der Waals surface area contributed by atoms with Crippen molar-refractivity contribution in [1.29, 1.82) is 0 Å². The van der Waals surface area contributed by atoms with E-state index in [9.17, 15) is 12.8 Å². The van der Waals surface area contributed by atoms with Crippen molar-refractivity contribution >= 4 is 66.4 Å². The first-order valence-electron chi connectivity index (χ1n) is 5.34. The summed E-state index contributed by atoms with van der Waals surface area (Å²) in [6, 6.07) is 6.80. The molecule has 2 aromatic rings. The summed E-state index contributed by atoms with van der Waals surface area (Å²) in [5, 5.41) is -0.500. The van der Waals surface area contributed by atoms with Crippen molar-refractivity contribution in [2.75, 3.05) is 4.72 Å². The molecule has 2 aromatic carbocycles. The molecule has 0 saturated carbocycles. The molecule has 0 unspecified atom stereocenters. The largest absolute Gasteiger partial charge is 0.278 e. The van der Waals surface area contributed by atoms with E-state index in [0.717, 1.165) is 12.1 Å². The SMILES string of the molecule is O=S(=O)(Nc1cc(Cl)ccc1Br)c1ccc(Cl)c(F)c1Cl. The number of sulfonamides is 1. The zero-order chi connectivity index (χ0) is 15.8. The van der Waals surface area contributed by atoms with E-state index < -0.39 is 25.8 Å². The molecule has 1 N–H and O–H groups in total. The van der Waals surface area contributed by atoms with Crippen LogP contribution in [0.25, 0.3) is 0 Å². The average Bonchev–Trinajstić information content (AvgIpc) is 2.39. The van der Waals surface area contributed by atoms with Gasteiger partial charge in [-0.05, 0) is 46.3 Å². The molecule has 0 spiro atoms. The van der Waals surface area contributed by atoms with E-state index in [-0.39, 0.29) is 10.7 Å². The van der Waals surface area contributed by atoms with Gasteiger partial charge in [0.1, 0.15) is 4.90 Å². The Hall–Kier alpha value is -0.530. The monoisotopic (exact) mass is 431 g/mol. The molecule has 9 heteroatoms. The van der Waals surface area contributed by atoms with Crippen molar-refractivity contribution in [3.8, 4) is 0 Å². The minimum atomic E-state index is -4.09. The fourth-order valence-corrected chi connectivity index (χ4v) is 3.96. The molecule has 2 rings (SSSR count). The van der Waals surface area contributed by atoms with Crippen LogP contribution in [0.4, 0.5) is 10.1 Å². The highest BCUT2D eigenvalue weighted by molar-refractivity contribution is 9.10. The fourth-order valence-electron chi connectivity index (χ4n) is 1.49. The Morgan fingerprint density at radius 3 is 2.43 bits per heavy atom. The van der Waals surface area contributed by atoms with Crippen LogP contribution >= 0.6 is 50.7 Å². The maximum Gasteiger partial charge on any atom is 0.263 e. The van der Waals surface area contributed by atoms with E-state index in [0.29, 0.717) is 9.50 Å². The zero-order valence-corrected chi connectivity index (χ0v) is 14.7. The summed E-state index contributed by atoms with van der Waals surface area (Å²) >= 11 is 20.2. The van der Waals surface area contributed by atoms with E-state index in [1.165, 1.54) is 6.07 Å². The second-order valence-corrected chi connectivity index (χ2v) is 7.63. The second-order valence-electron chi connectivity index (χ2n) is 3.90. The minimum Gasteiger partial charge on any atom is -0.278 e. The van der Waals surface area contributed by atoms with Crippen molar-refractivity contribution < 1.29 is 12.8 Å². The average molecular weight is 434 g/mol. The number of rotatable bonds is 3. The van der Waals surface area contributed by atoms with E-state index >= 15 is 0 Å². The summed E-state index contributed by atoms with van der Waals surface area (Å²) in [7, 11) is -4.09. The van der Waals surface area contributed by atoms with Crippen LogP contribution in [0.3, 0.4) is 0 Å². The lowest BCUT2D eigenvalue weighted by Gasteiger charge is -2.12. The summed E-state index contributed by atoms with van der Waals surface area (Å²) in [5.74, 6) is -0.994. The third-order valence-corrected chi connectivity index (χ3v) is 5.57. The van der Waals surface area contributed by atoms with Crippen molar-refractivity contribution in [3.05, 3.63) is 55.7 Å². The van der Waals surface area contributed by atoms with Crippen LogP contribution in [-0.4, -0.2) is 8.42 Å². The Morgan fingerprint density at radius 1 is 1.10 bits per heavy atom. The third kappa shape index (κ3) is 3.63. The maximum absolute atomic E-state index is 13.6. The number of halogens is 5. The van der Waals surface area contributed by atoms with Gasteiger partial charge in [0.05, 0.1) is 15.7 Å². The smallest absolute Gasteiger partial charge is 0.263 e. The van der Waals surface area contributed by atoms with Gasteiger partial charge in [-0.3, -0.25) is 4.72 Å². The van der Waals surface area contributed by atoms with Crippen LogP contribution in [0, 0.1) is 5.82 Å². The third-order valence-electron chi connectivity index (χ3n) is 2.46. The van der Waals surface area contributed by atoms with Gasteiger partial charge in [0, 0.05) is 9.50 Å². The summed E-state index contributed by atoms with van der Waals surface area (Å²) in [6.07, 6.45) is 0. The van der Waals surface area contributed by atoms with Crippen LogP contribution in [0.15, 0.2) is 39.7 Å². The summed E-state index contributed by atoms with van der Waals surface area (Å²) in [6.45, 7) is 0. The molecule has 0 amide bonds. The van der Waals surface area contributed by atoms with Crippen molar-refractivity contribution in [2.24, 2.45) is 0 Å². The lowest BCUT2D eigenvalue weighted by molar-refractivity contribution is 0.595. The molecule has 0 bridgehead atoms. The van der Waals surface area contributed by atoms with Gasteiger partial charge in [-0.2, -0.15) is 0 Å². The molecule has 112 valence electrons. The van der Waals surface area contributed by atoms with E-state index in [1.807, 2.05) is 0 Å². The van der Waals surface area contributed by atoms with E-state index in [4.69, 9.17) is 34.8 Å². The Bertz CT molecular complexity index is 814. The minimum absolute atomic E-state index is 0.203. The predicted molar refractivity (Wildman–Crippen MR) is 86.4 cm³/mol. The lowest BCUT2D eigenvalue weighted by atomic mass is 10.3. The first-order valence-corrected chi connectivity index (χ1v) is 8.75. The predicted octanol–water partition coefficient (Wildman–Crippen LogP) is 5.35. The number of hydrogen-bond donors (Lipinski definition) is 1. The number of nitrogens with one attached hydrogen (secondary N) is 1. The fraction of sp³-hybridized carbons (Fsp3) is 0. The quantitative estimate of drug-likeness (QED) is 0.664. The Morgan fingerprint density at radius 2 is 1.76 bits per heavy atom. The van der Waals surface area contributed by atoms with Crippen molar-refractivity contribution in [2.45, 2.75) is 4.90 Å². The molecule has 0 fully saturated rings. The second kappa shape index (κ2) is 6.30. The molecular weight excluding hydrogens is 427 g/mol. The van der Waals surface area contributed by atoms with Crippen LogP contribution in [0.2, 0.25) is 15.1 Å². The molecule has 0 saturated heterocycles. The summed E-state index contributed by atoms with van der Waals surface area (Å²) in [4.78, 5) is -0.419. The molecule has 0 aliphatic rings. The first kappa shape index (κ1) is 16.8. The molecule has 0 radical (unpaired) electrons. The highest BCUT2D eigenvalue weighted by Gasteiger charge is 2.22. The number of anilines is 1. The molecule has 3 nitrogen and oxygen atoms in total. The number of benzene rings is 2. The zero-order valence-electron chi connectivity index (χ0n) is 10.0. The molecule has 0 aliphatic heterocycles. The highest BCUT2D eigenvalue weighted by atomic mass is 79.9. The molecule has 0 aromatic heterocycles. The van der Waals surface area contributed by atoms with Gasteiger partial charge in [0.15, 0.2) is 5.82 Å². The molecule has 21 heavy (non-hydrogen) atoms. The molecular formula is C12H6BrCl3FNO2S. The van der Waals surface area contributed by atoms with Gasteiger partial charge in [0.2, 0.25) is 0 Å². The van der Waals surface area contributed by atoms with Gasteiger partial charge < -0.3 is 0 Å². The highest BCUT2D eigenvalue weighted by Crippen LogP contribution is 2.32. The van der Waals surface area contributed by atoms with Gasteiger partial charge in [-0.25, -0.2) is 12.8 Å². The van der Waals surface area contributed by atoms with Crippen molar-refractivity contribution in [3.63, 3.8) is 0 Å². The van der Waals surface area contributed by atoms with Crippen LogP contribution in [0.5, 0.6) is 0 Å². The van der Waals surface area contributed by atoms with Crippen LogP contribution in [0.1, 0.15) is 0 Å². The summed E-state index contributed by atoms with van der Waals surface area (Å²) in [5.41, 5.74) is 0.203. The first-order chi connectivity index (χ1) is 9.72. The Labute approximate surface area is 144 Å². The Balaban J connectivity index is 2.49. The normalized spacial score (nSPS) is 11.5. The van der Waals surface area contributed by atoms with Gasteiger partial charge in [0.25, 0.3) is 10.0 Å². The maximum atomic E-state index is 13.6. The lowest BCUT2D eigenvalue weighted by Crippen LogP contribution is -2.14. The van der Waals surface area contributed by atoms with Crippen LogP contribution in [-0.2, 0) is 10.0 Å². The number of hydrogen-bond acceptors (Lipinski definition) is 2. The van der Waals surface area contributed by atoms with Crippen LogP contribution < -0.4 is 4.72 Å². The van der Waals surface area contributed by atoms with Gasteiger partial charge in [-0.15, -0.1) is 0 Å². The topological polar surface area (TPSA) is 46.2 Å². The van der Waals surface area contributed by atoms with Gasteiger partial charge >= 0.3 is 0 Å². The molecule has 0 heterocycles. The Kier molecular flexibility index (Phi) is 5.05.